The molecule has 144 valence electrons. The number of rotatable bonds is 3. The van der Waals surface area contributed by atoms with Gasteiger partial charge in [-0.1, -0.05) is 48.5 Å². The summed E-state index contributed by atoms with van der Waals surface area (Å²) in [7, 11) is 1.69. The zero-order valence-corrected chi connectivity index (χ0v) is 16.1. The van der Waals surface area contributed by atoms with Gasteiger partial charge >= 0.3 is 6.09 Å². The van der Waals surface area contributed by atoms with Crippen LogP contribution in [-0.2, 0) is 9.47 Å². The van der Waals surface area contributed by atoms with Crippen molar-refractivity contribution < 1.29 is 14.3 Å². The second-order valence-corrected chi connectivity index (χ2v) is 8.02. The van der Waals surface area contributed by atoms with Crippen molar-refractivity contribution >= 4 is 6.09 Å². The molecule has 0 aromatic heterocycles. The van der Waals surface area contributed by atoms with Crippen molar-refractivity contribution in [3.63, 3.8) is 0 Å². The Kier molecular flexibility index (Phi) is 4.34. The number of hydrogen-bond acceptors (Lipinski definition) is 3. The molecule has 2 aliphatic heterocycles. The highest BCUT2D eigenvalue weighted by molar-refractivity contribution is 5.79. The van der Waals surface area contributed by atoms with Crippen LogP contribution in [0.4, 0.5) is 4.79 Å². The number of carbonyl (C=O) groups is 1. The van der Waals surface area contributed by atoms with E-state index >= 15 is 0 Å². The van der Waals surface area contributed by atoms with Gasteiger partial charge in [0, 0.05) is 18.0 Å². The van der Waals surface area contributed by atoms with E-state index < -0.39 is 0 Å². The van der Waals surface area contributed by atoms with E-state index in [0.717, 1.165) is 25.7 Å². The molecule has 1 aliphatic carbocycles. The predicted molar refractivity (Wildman–Crippen MR) is 108 cm³/mol. The highest BCUT2D eigenvalue weighted by Crippen LogP contribution is 2.45. The number of benzene rings is 2. The SMILES string of the molecule is COC=C1CC2CCC(C1)N2C(=O)OCC1c2ccccc2-c2ccccc21. The number of amides is 1. The van der Waals surface area contributed by atoms with Gasteiger partial charge in [-0.2, -0.15) is 0 Å². The van der Waals surface area contributed by atoms with Crippen LogP contribution in [0.3, 0.4) is 0 Å². The smallest absolute Gasteiger partial charge is 0.410 e. The Balaban J connectivity index is 1.32. The minimum absolute atomic E-state index is 0.114. The lowest BCUT2D eigenvalue weighted by atomic mass is 9.98. The van der Waals surface area contributed by atoms with Gasteiger partial charge < -0.3 is 14.4 Å². The molecule has 28 heavy (non-hydrogen) atoms. The average Bonchev–Trinajstić information content (AvgIpc) is 3.18. The predicted octanol–water partition coefficient (Wildman–Crippen LogP) is 5.09. The van der Waals surface area contributed by atoms with Crippen molar-refractivity contribution in [3.05, 3.63) is 71.5 Å². The molecule has 3 aliphatic rings. The number of piperidine rings is 1. The summed E-state index contributed by atoms with van der Waals surface area (Å²) in [5, 5.41) is 0. The Labute approximate surface area is 165 Å². The third-order valence-electron chi connectivity index (χ3n) is 6.45. The molecule has 2 heterocycles. The molecular formula is C24H25NO3. The number of hydrogen-bond donors (Lipinski definition) is 0. The highest BCUT2D eigenvalue weighted by atomic mass is 16.6. The molecule has 4 nitrogen and oxygen atoms in total. The molecular weight excluding hydrogens is 350 g/mol. The molecule has 2 atom stereocenters. The molecule has 2 fully saturated rings. The third-order valence-corrected chi connectivity index (χ3v) is 6.45. The number of methoxy groups -OCH3 is 1. The first-order valence-corrected chi connectivity index (χ1v) is 10.1. The summed E-state index contributed by atoms with van der Waals surface area (Å²) in [5.41, 5.74) is 6.32. The zero-order valence-electron chi connectivity index (χ0n) is 16.1. The monoisotopic (exact) mass is 375 g/mol. The van der Waals surface area contributed by atoms with Crippen LogP contribution < -0.4 is 0 Å². The summed E-state index contributed by atoms with van der Waals surface area (Å²) < 4.78 is 11.1. The fourth-order valence-corrected chi connectivity index (χ4v) is 5.28. The lowest BCUT2D eigenvalue weighted by Gasteiger charge is -2.35. The van der Waals surface area contributed by atoms with Crippen LogP contribution in [0.1, 0.15) is 42.7 Å². The van der Waals surface area contributed by atoms with Crippen molar-refractivity contribution in [2.45, 2.75) is 43.7 Å². The van der Waals surface area contributed by atoms with Gasteiger partial charge in [0.15, 0.2) is 0 Å². The van der Waals surface area contributed by atoms with Crippen molar-refractivity contribution in [3.8, 4) is 11.1 Å². The van der Waals surface area contributed by atoms with E-state index in [-0.39, 0.29) is 24.1 Å². The standard InChI is InChI=1S/C24H25NO3/c1-27-14-16-12-17-10-11-18(13-16)25(17)24(26)28-15-23-21-8-4-2-6-19(21)20-7-3-5-9-22(20)23/h2-9,14,17-18,23H,10-13,15H2,1H3. The molecule has 0 spiro atoms. The van der Waals surface area contributed by atoms with Crippen molar-refractivity contribution in [2.24, 2.45) is 0 Å². The molecule has 4 heteroatoms. The van der Waals surface area contributed by atoms with E-state index in [9.17, 15) is 4.79 Å². The Morgan fingerprint density at radius 1 is 1.00 bits per heavy atom. The quantitative estimate of drug-likeness (QED) is 0.701. The number of ether oxygens (including phenoxy) is 2. The van der Waals surface area contributed by atoms with Crippen LogP contribution in [0.2, 0.25) is 0 Å². The van der Waals surface area contributed by atoms with Crippen LogP contribution in [0.5, 0.6) is 0 Å². The molecule has 5 rings (SSSR count). The Morgan fingerprint density at radius 3 is 2.14 bits per heavy atom. The summed E-state index contributed by atoms with van der Waals surface area (Å²) >= 11 is 0. The molecule has 0 saturated carbocycles. The minimum Gasteiger partial charge on any atom is -0.504 e. The van der Waals surface area contributed by atoms with Crippen LogP contribution in [0, 0.1) is 0 Å². The molecule has 1 amide bonds. The lowest BCUT2D eigenvalue weighted by molar-refractivity contribution is 0.0748. The second-order valence-electron chi connectivity index (χ2n) is 8.02. The first kappa shape index (κ1) is 17.4. The van der Waals surface area contributed by atoms with E-state index in [1.165, 1.54) is 27.8 Å². The fourth-order valence-electron chi connectivity index (χ4n) is 5.28. The van der Waals surface area contributed by atoms with Crippen LogP contribution >= 0.6 is 0 Å². The summed E-state index contributed by atoms with van der Waals surface area (Å²) in [4.78, 5) is 14.9. The van der Waals surface area contributed by atoms with Gasteiger partial charge in [-0.3, -0.25) is 0 Å². The van der Waals surface area contributed by atoms with E-state index in [4.69, 9.17) is 9.47 Å². The zero-order chi connectivity index (χ0) is 19.1. The van der Waals surface area contributed by atoms with Gasteiger partial charge in [0.05, 0.1) is 13.4 Å². The normalized spacial score (nSPS) is 22.6. The largest absolute Gasteiger partial charge is 0.504 e. The second kappa shape index (κ2) is 7.01. The molecule has 2 unspecified atom stereocenters. The third kappa shape index (κ3) is 2.79. The van der Waals surface area contributed by atoms with Gasteiger partial charge in [-0.05, 0) is 53.5 Å². The molecule has 2 bridgehead atoms. The number of nitrogens with zero attached hydrogens (tertiary/aromatic N) is 1. The number of carbonyl (C=O) groups excluding carboxylic acids is 1. The van der Waals surface area contributed by atoms with Crippen LogP contribution in [-0.4, -0.2) is 36.8 Å². The van der Waals surface area contributed by atoms with Gasteiger partial charge in [0.2, 0.25) is 0 Å². The van der Waals surface area contributed by atoms with E-state index in [1.807, 2.05) is 11.2 Å². The van der Waals surface area contributed by atoms with Crippen molar-refractivity contribution in [1.29, 1.82) is 0 Å². The van der Waals surface area contributed by atoms with E-state index in [0.29, 0.717) is 6.61 Å². The molecule has 0 N–H and O–H groups in total. The topological polar surface area (TPSA) is 38.8 Å². The Morgan fingerprint density at radius 2 is 1.57 bits per heavy atom. The highest BCUT2D eigenvalue weighted by Gasteiger charge is 2.42. The number of fused-ring (bicyclic) bond motifs is 5. The van der Waals surface area contributed by atoms with Crippen molar-refractivity contribution in [2.75, 3.05) is 13.7 Å². The maximum absolute atomic E-state index is 13.0. The summed E-state index contributed by atoms with van der Waals surface area (Å²) in [6.07, 6.45) is 5.58. The average molecular weight is 375 g/mol. The fraction of sp³-hybridized carbons (Fsp3) is 0.375. The lowest BCUT2D eigenvalue weighted by Crippen LogP contribution is -2.45. The first-order valence-electron chi connectivity index (χ1n) is 10.1. The Bertz CT molecular complexity index is 873. The van der Waals surface area contributed by atoms with Gasteiger partial charge in [0.25, 0.3) is 0 Å². The van der Waals surface area contributed by atoms with Gasteiger partial charge in [0.1, 0.15) is 6.61 Å². The maximum atomic E-state index is 13.0. The Hall–Kier alpha value is -2.75. The van der Waals surface area contributed by atoms with Crippen molar-refractivity contribution in [1.82, 2.24) is 4.90 Å². The van der Waals surface area contributed by atoms with Crippen LogP contribution in [0.25, 0.3) is 11.1 Å². The molecule has 2 saturated heterocycles. The summed E-state index contributed by atoms with van der Waals surface area (Å²) in [6.45, 7) is 0.392. The molecule has 2 aromatic carbocycles. The van der Waals surface area contributed by atoms with Crippen LogP contribution in [0.15, 0.2) is 60.4 Å². The van der Waals surface area contributed by atoms with Gasteiger partial charge in [-0.25, -0.2) is 4.79 Å². The van der Waals surface area contributed by atoms with E-state index in [2.05, 4.69) is 48.5 Å². The first-order chi connectivity index (χ1) is 13.8. The maximum Gasteiger partial charge on any atom is 0.410 e. The summed E-state index contributed by atoms with van der Waals surface area (Å²) in [5.74, 6) is 0.114. The minimum atomic E-state index is -0.161. The van der Waals surface area contributed by atoms with E-state index in [1.54, 1.807) is 7.11 Å². The molecule has 0 radical (unpaired) electrons. The summed E-state index contributed by atoms with van der Waals surface area (Å²) in [6, 6.07) is 17.4. The molecule has 2 aromatic rings. The van der Waals surface area contributed by atoms with Gasteiger partial charge in [-0.15, -0.1) is 0 Å².